The Kier molecular flexibility index (Phi) is 4.35. The molecular weight excluding hydrogens is 296 g/mol. The molecule has 2 rings (SSSR count). The van der Waals surface area contributed by atoms with E-state index in [1.807, 2.05) is 6.92 Å². The molecule has 0 spiro atoms. The van der Waals surface area contributed by atoms with Crippen LogP contribution >= 0.6 is 0 Å². The minimum Gasteiger partial charge on any atom is -0.316 e. The number of hydrogen-bond donors (Lipinski definition) is 2. The lowest BCUT2D eigenvalue weighted by Gasteiger charge is -2.29. The van der Waals surface area contributed by atoms with Gasteiger partial charge in [0.2, 0.25) is 10.0 Å². The second kappa shape index (κ2) is 5.74. The molecule has 0 aromatic carbocycles. The third-order valence-electron chi connectivity index (χ3n) is 3.80. The van der Waals surface area contributed by atoms with Crippen molar-refractivity contribution < 1.29 is 8.42 Å². The Morgan fingerprint density at radius 1 is 1.33 bits per heavy atom. The summed E-state index contributed by atoms with van der Waals surface area (Å²) >= 11 is 0. The first-order valence-corrected chi connectivity index (χ1v) is 8.22. The minimum absolute atomic E-state index is 0.130. The van der Waals surface area contributed by atoms with Gasteiger partial charge >= 0.3 is 5.69 Å². The van der Waals surface area contributed by atoms with Gasteiger partial charge in [0.1, 0.15) is 0 Å². The van der Waals surface area contributed by atoms with Crippen LogP contribution in [0.15, 0.2) is 20.7 Å². The van der Waals surface area contributed by atoms with Crippen LogP contribution in [0.1, 0.15) is 13.3 Å². The van der Waals surface area contributed by atoms with Gasteiger partial charge in [0.15, 0.2) is 4.90 Å². The number of sulfonamides is 1. The van der Waals surface area contributed by atoms with Gasteiger partial charge in [0.25, 0.3) is 5.56 Å². The summed E-state index contributed by atoms with van der Waals surface area (Å²) in [5.41, 5.74) is -1.37. The second-order valence-electron chi connectivity index (χ2n) is 5.45. The maximum Gasteiger partial charge on any atom is 0.330 e. The van der Waals surface area contributed by atoms with Crippen molar-refractivity contribution in [3.05, 3.63) is 27.0 Å². The van der Waals surface area contributed by atoms with Gasteiger partial charge < -0.3 is 9.88 Å². The lowest BCUT2D eigenvalue weighted by Crippen LogP contribution is -2.50. The molecule has 0 radical (unpaired) electrons. The molecule has 1 saturated heterocycles. The molecule has 8 nitrogen and oxygen atoms in total. The van der Waals surface area contributed by atoms with E-state index in [0.29, 0.717) is 6.42 Å². The standard InChI is InChI=1S/C12H20N4O4S/c1-8-6-13-5-4-9(8)14-21(19,20)10-7-15(2)12(18)16(3)11(10)17/h7-9,13-14H,4-6H2,1-3H3. The maximum absolute atomic E-state index is 12.4. The summed E-state index contributed by atoms with van der Waals surface area (Å²) in [5, 5.41) is 3.18. The van der Waals surface area contributed by atoms with Crippen LogP contribution < -0.4 is 21.3 Å². The predicted octanol–water partition coefficient (Wildman–Crippen LogP) is -1.64. The Labute approximate surface area is 122 Å². The highest BCUT2D eigenvalue weighted by Crippen LogP contribution is 2.13. The van der Waals surface area contributed by atoms with Gasteiger partial charge in [-0.15, -0.1) is 0 Å². The van der Waals surface area contributed by atoms with Crippen LogP contribution in [0.4, 0.5) is 0 Å². The third-order valence-corrected chi connectivity index (χ3v) is 5.27. The topological polar surface area (TPSA) is 102 Å². The summed E-state index contributed by atoms with van der Waals surface area (Å²) in [6.45, 7) is 3.39. The fraction of sp³-hybridized carbons (Fsp3) is 0.667. The zero-order chi connectivity index (χ0) is 15.8. The number of rotatable bonds is 3. The highest BCUT2D eigenvalue weighted by Gasteiger charge is 2.29. The molecule has 2 N–H and O–H groups in total. The van der Waals surface area contributed by atoms with Crippen LogP contribution in [0.2, 0.25) is 0 Å². The van der Waals surface area contributed by atoms with E-state index in [4.69, 9.17) is 0 Å². The molecule has 1 fully saturated rings. The molecule has 2 heterocycles. The molecular formula is C12H20N4O4S. The quantitative estimate of drug-likeness (QED) is 0.696. The molecule has 2 unspecified atom stereocenters. The lowest BCUT2D eigenvalue weighted by atomic mass is 9.97. The molecule has 1 aliphatic heterocycles. The first kappa shape index (κ1) is 15.9. The molecule has 1 aromatic rings. The Morgan fingerprint density at radius 3 is 2.62 bits per heavy atom. The second-order valence-corrected chi connectivity index (χ2v) is 7.13. The highest BCUT2D eigenvalue weighted by atomic mass is 32.2. The minimum atomic E-state index is -3.96. The van der Waals surface area contributed by atoms with Crippen molar-refractivity contribution in [1.29, 1.82) is 0 Å². The molecule has 118 valence electrons. The Hall–Kier alpha value is -1.45. The predicted molar refractivity (Wildman–Crippen MR) is 77.7 cm³/mol. The van der Waals surface area contributed by atoms with Crippen molar-refractivity contribution in [3.63, 3.8) is 0 Å². The first-order valence-electron chi connectivity index (χ1n) is 6.73. The molecule has 1 aliphatic rings. The summed E-state index contributed by atoms with van der Waals surface area (Å²) in [6.07, 6.45) is 1.73. The van der Waals surface area contributed by atoms with Crippen molar-refractivity contribution in [2.75, 3.05) is 13.1 Å². The van der Waals surface area contributed by atoms with Crippen LogP contribution in [-0.4, -0.2) is 36.7 Å². The molecule has 0 aliphatic carbocycles. The van der Waals surface area contributed by atoms with Crippen LogP contribution in [-0.2, 0) is 24.1 Å². The van der Waals surface area contributed by atoms with Crippen LogP contribution in [0.3, 0.4) is 0 Å². The van der Waals surface area contributed by atoms with Crippen molar-refractivity contribution in [1.82, 2.24) is 19.2 Å². The zero-order valence-electron chi connectivity index (χ0n) is 12.3. The molecule has 0 amide bonds. The Balaban J connectivity index is 2.41. The Morgan fingerprint density at radius 2 is 2.00 bits per heavy atom. The average Bonchev–Trinajstić information content (AvgIpc) is 2.42. The number of hydrogen-bond acceptors (Lipinski definition) is 5. The van der Waals surface area contributed by atoms with Crippen LogP contribution in [0.5, 0.6) is 0 Å². The monoisotopic (exact) mass is 316 g/mol. The van der Waals surface area contributed by atoms with Crippen molar-refractivity contribution in [3.8, 4) is 0 Å². The van der Waals surface area contributed by atoms with Gasteiger partial charge in [-0.25, -0.2) is 17.9 Å². The normalized spacial score (nSPS) is 23.2. The summed E-state index contributed by atoms with van der Waals surface area (Å²) < 4.78 is 29.3. The number of nitrogens with one attached hydrogen (secondary N) is 2. The SMILES string of the molecule is CC1CNCCC1NS(=O)(=O)c1cn(C)c(=O)n(C)c1=O. The molecule has 1 aromatic heterocycles. The van der Waals surface area contributed by atoms with E-state index in [0.717, 1.165) is 28.4 Å². The summed E-state index contributed by atoms with van der Waals surface area (Å²) in [7, 11) is -1.28. The smallest absolute Gasteiger partial charge is 0.316 e. The van der Waals surface area contributed by atoms with E-state index < -0.39 is 26.2 Å². The maximum atomic E-state index is 12.4. The number of piperidine rings is 1. The van der Waals surface area contributed by atoms with E-state index in [2.05, 4.69) is 10.0 Å². The van der Waals surface area contributed by atoms with Gasteiger partial charge in [-0.1, -0.05) is 6.92 Å². The van der Waals surface area contributed by atoms with E-state index in [1.165, 1.54) is 14.1 Å². The van der Waals surface area contributed by atoms with Crippen LogP contribution in [0, 0.1) is 5.92 Å². The van der Waals surface area contributed by atoms with Gasteiger partial charge in [-0.2, -0.15) is 0 Å². The summed E-state index contributed by atoms with van der Waals surface area (Å²) in [6, 6.07) is -0.224. The lowest BCUT2D eigenvalue weighted by molar-refractivity contribution is 0.328. The van der Waals surface area contributed by atoms with Crippen molar-refractivity contribution >= 4 is 10.0 Å². The van der Waals surface area contributed by atoms with Gasteiger partial charge in [-0.3, -0.25) is 9.36 Å². The first-order chi connectivity index (χ1) is 9.74. The van der Waals surface area contributed by atoms with E-state index in [1.54, 1.807) is 0 Å². The molecule has 2 atom stereocenters. The third kappa shape index (κ3) is 3.09. The van der Waals surface area contributed by atoms with Gasteiger partial charge in [0, 0.05) is 26.3 Å². The number of aryl methyl sites for hydroxylation is 1. The van der Waals surface area contributed by atoms with Crippen molar-refractivity contribution in [2.24, 2.45) is 20.0 Å². The van der Waals surface area contributed by atoms with Crippen LogP contribution in [0.25, 0.3) is 0 Å². The van der Waals surface area contributed by atoms with Crippen molar-refractivity contribution in [2.45, 2.75) is 24.3 Å². The summed E-state index contributed by atoms with van der Waals surface area (Å²) in [5.74, 6) is 0.130. The number of aromatic nitrogens is 2. The average molecular weight is 316 g/mol. The number of nitrogens with zero attached hydrogens (tertiary/aromatic N) is 2. The largest absolute Gasteiger partial charge is 0.330 e. The van der Waals surface area contributed by atoms with Gasteiger partial charge in [0.05, 0.1) is 0 Å². The van der Waals surface area contributed by atoms with E-state index in [9.17, 15) is 18.0 Å². The van der Waals surface area contributed by atoms with E-state index in [-0.39, 0.29) is 12.0 Å². The highest BCUT2D eigenvalue weighted by molar-refractivity contribution is 7.89. The molecule has 0 saturated carbocycles. The zero-order valence-corrected chi connectivity index (χ0v) is 13.1. The summed E-state index contributed by atoms with van der Waals surface area (Å²) in [4.78, 5) is 23.2. The fourth-order valence-electron chi connectivity index (χ4n) is 2.41. The Bertz CT molecular complexity index is 750. The van der Waals surface area contributed by atoms with Gasteiger partial charge in [-0.05, 0) is 25.4 Å². The molecule has 21 heavy (non-hydrogen) atoms. The molecule has 0 bridgehead atoms. The van der Waals surface area contributed by atoms with E-state index >= 15 is 0 Å². The fourth-order valence-corrected chi connectivity index (χ4v) is 3.95. The molecule has 9 heteroatoms.